The minimum Gasteiger partial charge on any atom is -0.389 e. The van der Waals surface area contributed by atoms with Crippen LogP contribution in [-0.4, -0.2) is 11.2 Å². The van der Waals surface area contributed by atoms with E-state index in [-0.39, 0.29) is 6.10 Å². The maximum absolute atomic E-state index is 9.93. The van der Waals surface area contributed by atoms with Gasteiger partial charge in [0.1, 0.15) is 0 Å². The fourth-order valence-electron chi connectivity index (χ4n) is 2.09. The number of allylic oxidation sites excluding steroid dienone is 3. The van der Waals surface area contributed by atoms with Gasteiger partial charge in [-0.3, -0.25) is 0 Å². The summed E-state index contributed by atoms with van der Waals surface area (Å²) in [6.07, 6.45) is 9.60. The van der Waals surface area contributed by atoms with E-state index in [9.17, 15) is 5.11 Å². The molecule has 0 fully saturated rings. The second-order valence-electron chi connectivity index (χ2n) is 5.54. The highest BCUT2D eigenvalue weighted by atomic mass is 16.3. The first-order valence-electron chi connectivity index (χ1n) is 6.56. The monoisotopic (exact) mass is 222 g/mol. The summed E-state index contributed by atoms with van der Waals surface area (Å²) in [5.74, 6) is 1.54. The number of hydrogen-bond acceptors (Lipinski definition) is 1. The summed E-state index contributed by atoms with van der Waals surface area (Å²) in [5.41, 5.74) is 1.56. The highest BCUT2D eigenvalue weighted by Gasteiger charge is 2.13. The Bertz CT molecular complexity index is 263. The van der Waals surface area contributed by atoms with E-state index < -0.39 is 0 Å². The average molecular weight is 222 g/mol. The summed E-state index contributed by atoms with van der Waals surface area (Å²) >= 11 is 0. The molecule has 0 radical (unpaired) electrons. The zero-order valence-electron chi connectivity index (χ0n) is 11.1. The first-order chi connectivity index (χ1) is 7.50. The van der Waals surface area contributed by atoms with Crippen molar-refractivity contribution in [2.75, 3.05) is 0 Å². The number of aliphatic hydroxyl groups excluding tert-OH is 1. The van der Waals surface area contributed by atoms with Gasteiger partial charge in [-0.05, 0) is 37.0 Å². The zero-order chi connectivity index (χ0) is 12.1. The highest BCUT2D eigenvalue weighted by Crippen LogP contribution is 2.24. The standard InChI is InChI=1S/C15H26O/c1-11(2)14-8-5-12(3)6-10-15(16)13(4)7-9-14/h6,9-13,15-16H,5,7-8H2,1-4H3. The van der Waals surface area contributed by atoms with Gasteiger partial charge < -0.3 is 5.11 Å². The van der Waals surface area contributed by atoms with E-state index in [4.69, 9.17) is 0 Å². The third-order valence-electron chi connectivity index (χ3n) is 3.60. The van der Waals surface area contributed by atoms with Crippen LogP contribution in [0.1, 0.15) is 47.0 Å². The molecular formula is C15H26O. The van der Waals surface area contributed by atoms with Gasteiger partial charge in [-0.2, -0.15) is 0 Å². The molecule has 0 aromatic heterocycles. The fourth-order valence-corrected chi connectivity index (χ4v) is 2.09. The molecule has 1 heteroatoms. The summed E-state index contributed by atoms with van der Waals surface area (Å²) < 4.78 is 0. The maximum atomic E-state index is 9.93. The Hall–Kier alpha value is -0.560. The molecule has 1 rings (SSSR count). The van der Waals surface area contributed by atoms with Crippen LogP contribution in [0, 0.1) is 17.8 Å². The van der Waals surface area contributed by atoms with Crippen molar-refractivity contribution in [3.05, 3.63) is 23.8 Å². The summed E-state index contributed by atoms with van der Waals surface area (Å²) in [7, 11) is 0. The molecule has 0 aromatic carbocycles. The Balaban J connectivity index is 2.76. The molecule has 0 aliphatic heterocycles. The van der Waals surface area contributed by atoms with Crippen LogP contribution in [0.5, 0.6) is 0 Å². The van der Waals surface area contributed by atoms with E-state index in [2.05, 4.69) is 39.8 Å². The summed E-state index contributed by atoms with van der Waals surface area (Å²) in [4.78, 5) is 0. The Kier molecular flexibility index (Phi) is 5.27. The van der Waals surface area contributed by atoms with E-state index in [1.54, 1.807) is 5.57 Å². The Morgan fingerprint density at radius 1 is 1.25 bits per heavy atom. The molecule has 3 atom stereocenters. The molecule has 16 heavy (non-hydrogen) atoms. The van der Waals surface area contributed by atoms with Gasteiger partial charge in [0.2, 0.25) is 0 Å². The van der Waals surface area contributed by atoms with Crippen LogP contribution in [0.15, 0.2) is 23.8 Å². The van der Waals surface area contributed by atoms with Gasteiger partial charge in [0, 0.05) is 0 Å². The molecule has 0 spiro atoms. The van der Waals surface area contributed by atoms with Gasteiger partial charge >= 0.3 is 0 Å². The van der Waals surface area contributed by atoms with Crippen LogP contribution in [0.3, 0.4) is 0 Å². The summed E-state index contributed by atoms with van der Waals surface area (Å²) in [6, 6.07) is 0. The van der Waals surface area contributed by atoms with E-state index in [0.29, 0.717) is 17.8 Å². The van der Waals surface area contributed by atoms with Crippen molar-refractivity contribution in [2.24, 2.45) is 17.8 Å². The van der Waals surface area contributed by atoms with Crippen molar-refractivity contribution >= 4 is 0 Å². The third kappa shape index (κ3) is 4.13. The quantitative estimate of drug-likeness (QED) is 0.666. The Labute approximate surface area is 100 Å². The van der Waals surface area contributed by atoms with Crippen molar-refractivity contribution in [3.8, 4) is 0 Å². The Morgan fingerprint density at radius 3 is 2.56 bits per heavy atom. The van der Waals surface area contributed by atoms with Gasteiger partial charge in [-0.25, -0.2) is 0 Å². The molecule has 0 saturated carbocycles. The zero-order valence-corrected chi connectivity index (χ0v) is 11.1. The lowest BCUT2D eigenvalue weighted by atomic mass is 9.88. The lowest BCUT2D eigenvalue weighted by Crippen LogP contribution is -2.15. The van der Waals surface area contributed by atoms with Crippen LogP contribution in [0.4, 0.5) is 0 Å². The van der Waals surface area contributed by atoms with Crippen molar-refractivity contribution < 1.29 is 5.11 Å². The molecule has 0 amide bonds. The van der Waals surface area contributed by atoms with Gasteiger partial charge in [-0.1, -0.05) is 51.5 Å². The summed E-state index contributed by atoms with van der Waals surface area (Å²) in [6.45, 7) is 8.88. The van der Waals surface area contributed by atoms with Gasteiger partial charge in [-0.15, -0.1) is 0 Å². The van der Waals surface area contributed by atoms with Crippen LogP contribution in [0.2, 0.25) is 0 Å². The molecule has 1 nitrogen and oxygen atoms in total. The van der Waals surface area contributed by atoms with E-state index in [1.807, 2.05) is 6.08 Å². The van der Waals surface area contributed by atoms with Crippen molar-refractivity contribution in [3.63, 3.8) is 0 Å². The molecule has 0 bridgehead atoms. The van der Waals surface area contributed by atoms with Crippen molar-refractivity contribution in [2.45, 2.75) is 53.1 Å². The Morgan fingerprint density at radius 2 is 1.94 bits per heavy atom. The van der Waals surface area contributed by atoms with E-state index in [0.717, 1.165) is 6.42 Å². The third-order valence-corrected chi connectivity index (χ3v) is 3.60. The number of aliphatic hydroxyl groups is 1. The van der Waals surface area contributed by atoms with Crippen molar-refractivity contribution in [1.29, 1.82) is 0 Å². The maximum Gasteiger partial charge on any atom is 0.0749 e. The van der Waals surface area contributed by atoms with E-state index in [1.165, 1.54) is 12.8 Å². The fraction of sp³-hybridized carbons (Fsp3) is 0.733. The molecular weight excluding hydrogens is 196 g/mol. The molecule has 1 N–H and O–H groups in total. The largest absolute Gasteiger partial charge is 0.389 e. The molecule has 1 aliphatic carbocycles. The minimum atomic E-state index is -0.287. The lowest BCUT2D eigenvalue weighted by Gasteiger charge is -2.20. The molecule has 92 valence electrons. The molecule has 0 saturated heterocycles. The molecule has 0 aromatic rings. The predicted octanol–water partition coefficient (Wildman–Crippen LogP) is 3.94. The van der Waals surface area contributed by atoms with Crippen LogP contribution >= 0.6 is 0 Å². The van der Waals surface area contributed by atoms with Gasteiger partial charge in [0.15, 0.2) is 0 Å². The van der Waals surface area contributed by atoms with Crippen LogP contribution in [0.25, 0.3) is 0 Å². The second-order valence-corrected chi connectivity index (χ2v) is 5.54. The second kappa shape index (κ2) is 6.24. The predicted molar refractivity (Wildman–Crippen MR) is 70.2 cm³/mol. The first-order valence-corrected chi connectivity index (χ1v) is 6.56. The first kappa shape index (κ1) is 13.5. The molecule has 1 aliphatic rings. The minimum absolute atomic E-state index is 0.287. The number of hydrogen-bond donors (Lipinski definition) is 1. The van der Waals surface area contributed by atoms with Gasteiger partial charge in [0.05, 0.1) is 6.10 Å². The SMILES string of the molecule is CC1C=CC(O)C(C)CC=C(C(C)C)CC1. The van der Waals surface area contributed by atoms with Crippen LogP contribution < -0.4 is 0 Å². The van der Waals surface area contributed by atoms with Crippen LogP contribution in [-0.2, 0) is 0 Å². The van der Waals surface area contributed by atoms with E-state index >= 15 is 0 Å². The normalized spacial score (nSPS) is 32.6. The summed E-state index contributed by atoms with van der Waals surface area (Å²) in [5, 5.41) is 9.93. The van der Waals surface area contributed by atoms with Gasteiger partial charge in [0.25, 0.3) is 0 Å². The van der Waals surface area contributed by atoms with Crippen molar-refractivity contribution in [1.82, 2.24) is 0 Å². The average Bonchev–Trinajstić information content (AvgIpc) is 2.23. The molecule has 3 unspecified atom stereocenters. The molecule has 0 heterocycles. The smallest absolute Gasteiger partial charge is 0.0749 e. The number of rotatable bonds is 1. The highest BCUT2D eigenvalue weighted by molar-refractivity contribution is 5.08. The lowest BCUT2D eigenvalue weighted by molar-refractivity contribution is 0.162. The topological polar surface area (TPSA) is 20.2 Å².